The molecule has 0 amide bonds. The van der Waals surface area contributed by atoms with Gasteiger partial charge in [0.2, 0.25) is 0 Å². The van der Waals surface area contributed by atoms with Gasteiger partial charge in [-0.3, -0.25) is 4.90 Å². The van der Waals surface area contributed by atoms with E-state index in [1.54, 1.807) is 5.56 Å². The van der Waals surface area contributed by atoms with Gasteiger partial charge in [-0.1, -0.05) is 32.0 Å². The van der Waals surface area contributed by atoms with Crippen molar-refractivity contribution in [2.75, 3.05) is 13.6 Å². The van der Waals surface area contributed by atoms with Crippen molar-refractivity contribution in [1.29, 1.82) is 0 Å². The molecule has 0 saturated carbocycles. The van der Waals surface area contributed by atoms with Crippen LogP contribution >= 0.6 is 0 Å². The van der Waals surface area contributed by atoms with Crippen molar-refractivity contribution in [3.8, 4) is 0 Å². The molecule has 2 heteroatoms. The third kappa shape index (κ3) is 2.93. The zero-order chi connectivity index (χ0) is 13.1. The van der Waals surface area contributed by atoms with E-state index >= 15 is 0 Å². The maximum atomic E-state index is 3.45. The average molecular weight is 246 g/mol. The summed E-state index contributed by atoms with van der Waals surface area (Å²) in [7, 11) is 2.24. The van der Waals surface area contributed by atoms with Gasteiger partial charge in [-0.05, 0) is 49.5 Å². The van der Waals surface area contributed by atoms with Gasteiger partial charge in [0.15, 0.2) is 0 Å². The lowest BCUT2D eigenvalue weighted by Gasteiger charge is -2.30. The van der Waals surface area contributed by atoms with Crippen LogP contribution in [0, 0.1) is 5.92 Å². The third-order valence-corrected chi connectivity index (χ3v) is 4.32. The Morgan fingerprint density at radius 2 is 2.06 bits per heavy atom. The van der Waals surface area contributed by atoms with Gasteiger partial charge in [0.1, 0.15) is 0 Å². The van der Waals surface area contributed by atoms with Crippen LogP contribution < -0.4 is 5.32 Å². The van der Waals surface area contributed by atoms with Crippen LogP contribution in [0.1, 0.15) is 37.5 Å². The first-order chi connectivity index (χ1) is 8.59. The summed E-state index contributed by atoms with van der Waals surface area (Å²) >= 11 is 0. The first kappa shape index (κ1) is 13.6. The minimum atomic E-state index is 0.627. The molecule has 1 atom stereocenters. The normalized spacial score (nSPS) is 17.0. The van der Waals surface area contributed by atoms with Crippen LogP contribution in [0.2, 0.25) is 0 Å². The molecule has 1 aromatic rings. The molecule has 2 rings (SSSR count). The molecule has 0 saturated heterocycles. The average Bonchev–Trinajstić information content (AvgIpc) is 2.38. The highest BCUT2D eigenvalue weighted by Crippen LogP contribution is 2.21. The molecule has 0 bridgehead atoms. The van der Waals surface area contributed by atoms with Gasteiger partial charge in [0, 0.05) is 19.1 Å². The Morgan fingerprint density at radius 3 is 2.78 bits per heavy atom. The predicted molar refractivity (Wildman–Crippen MR) is 77.6 cm³/mol. The van der Waals surface area contributed by atoms with E-state index in [0.717, 1.165) is 19.6 Å². The van der Waals surface area contributed by atoms with E-state index in [2.05, 4.69) is 56.2 Å². The van der Waals surface area contributed by atoms with Crippen LogP contribution in [-0.2, 0) is 19.5 Å². The standard InChI is InChI=1S/C16H26N2/c1-12(2)13(3)18(4)11-15-7-5-6-14-10-17-9-8-16(14)15/h5-7,12-13,17H,8-11H2,1-4H3. The number of nitrogens with one attached hydrogen (secondary N) is 1. The smallest absolute Gasteiger partial charge is 0.0236 e. The molecule has 18 heavy (non-hydrogen) atoms. The Bertz CT molecular complexity index is 398. The van der Waals surface area contributed by atoms with Crippen molar-refractivity contribution in [2.24, 2.45) is 5.92 Å². The number of nitrogens with zero attached hydrogens (tertiary/aromatic N) is 1. The number of hydrogen-bond donors (Lipinski definition) is 1. The quantitative estimate of drug-likeness (QED) is 0.879. The fourth-order valence-corrected chi connectivity index (χ4v) is 2.68. The molecule has 0 fully saturated rings. The van der Waals surface area contributed by atoms with Crippen molar-refractivity contribution in [3.05, 3.63) is 34.9 Å². The zero-order valence-corrected chi connectivity index (χ0v) is 12.2. The van der Waals surface area contributed by atoms with Crippen molar-refractivity contribution >= 4 is 0 Å². The van der Waals surface area contributed by atoms with Crippen LogP contribution in [0.25, 0.3) is 0 Å². The van der Waals surface area contributed by atoms with E-state index in [-0.39, 0.29) is 0 Å². The highest BCUT2D eigenvalue weighted by atomic mass is 15.1. The van der Waals surface area contributed by atoms with Gasteiger partial charge < -0.3 is 5.32 Å². The third-order valence-electron chi connectivity index (χ3n) is 4.32. The van der Waals surface area contributed by atoms with E-state index < -0.39 is 0 Å². The van der Waals surface area contributed by atoms with Gasteiger partial charge in [-0.25, -0.2) is 0 Å². The summed E-state index contributed by atoms with van der Waals surface area (Å²) in [6, 6.07) is 7.39. The summed E-state index contributed by atoms with van der Waals surface area (Å²) < 4.78 is 0. The minimum absolute atomic E-state index is 0.627. The zero-order valence-electron chi connectivity index (χ0n) is 12.2. The summed E-state index contributed by atoms with van der Waals surface area (Å²) in [5.74, 6) is 0.705. The van der Waals surface area contributed by atoms with E-state index in [1.807, 2.05) is 0 Å². The molecule has 0 aliphatic carbocycles. The number of benzene rings is 1. The SMILES string of the molecule is CC(C)C(C)N(C)Cc1cccc2c1CCNC2. The Balaban J connectivity index is 2.14. The second-order valence-electron chi connectivity index (χ2n) is 5.88. The van der Waals surface area contributed by atoms with Crippen LogP contribution in [0.5, 0.6) is 0 Å². The highest BCUT2D eigenvalue weighted by Gasteiger charge is 2.17. The number of fused-ring (bicyclic) bond motifs is 1. The lowest BCUT2D eigenvalue weighted by atomic mass is 9.94. The molecule has 1 N–H and O–H groups in total. The topological polar surface area (TPSA) is 15.3 Å². The van der Waals surface area contributed by atoms with Crippen LogP contribution in [0.15, 0.2) is 18.2 Å². The van der Waals surface area contributed by atoms with Crippen molar-refractivity contribution in [1.82, 2.24) is 10.2 Å². The summed E-state index contributed by atoms with van der Waals surface area (Å²) in [5, 5.41) is 3.45. The molecule has 1 aromatic carbocycles. The lowest BCUT2D eigenvalue weighted by Crippen LogP contribution is -2.33. The summed E-state index contributed by atoms with van der Waals surface area (Å²) in [4.78, 5) is 2.47. The Morgan fingerprint density at radius 1 is 1.28 bits per heavy atom. The first-order valence-corrected chi connectivity index (χ1v) is 7.10. The van der Waals surface area contributed by atoms with Crippen LogP contribution in [-0.4, -0.2) is 24.5 Å². The summed E-state index contributed by atoms with van der Waals surface area (Å²) in [5.41, 5.74) is 4.59. The van der Waals surface area contributed by atoms with Gasteiger partial charge in [0.05, 0.1) is 0 Å². The van der Waals surface area contributed by atoms with Crippen LogP contribution in [0.4, 0.5) is 0 Å². The molecular weight excluding hydrogens is 220 g/mol. The lowest BCUT2D eigenvalue weighted by molar-refractivity contribution is 0.200. The predicted octanol–water partition coefficient (Wildman–Crippen LogP) is 2.81. The van der Waals surface area contributed by atoms with Gasteiger partial charge in [-0.15, -0.1) is 0 Å². The second kappa shape index (κ2) is 5.85. The van der Waals surface area contributed by atoms with E-state index in [4.69, 9.17) is 0 Å². The van der Waals surface area contributed by atoms with E-state index in [0.29, 0.717) is 12.0 Å². The number of hydrogen-bond acceptors (Lipinski definition) is 2. The van der Waals surface area contributed by atoms with Crippen molar-refractivity contribution in [3.63, 3.8) is 0 Å². The molecule has 1 aliphatic rings. The highest BCUT2D eigenvalue weighted by molar-refractivity contribution is 5.37. The monoisotopic (exact) mass is 246 g/mol. The molecule has 1 unspecified atom stereocenters. The second-order valence-corrected chi connectivity index (χ2v) is 5.88. The van der Waals surface area contributed by atoms with Crippen molar-refractivity contribution < 1.29 is 0 Å². The molecule has 1 aliphatic heterocycles. The maximum absolute atomic E-state index is 3.45. The van der Waals surface area contributed by atoms with Gasteiger partial charge >= 0.3 is 0 Å². The fraction of sp³-hybridized carbons (Fsp3) is 0.625. The molecule has 0 radical (unpaired) electrons. The Hall–Kier alpha value is -0.860. The summed E-state index contributed by atoms with van der Waals surface area (Å²) in [6.07, 6.45) is 1.18. The molecular formula is C16H26N2. The summed E-state index contributed by atoms with van der Waals surface area (Å²) in [6.45, 7) is 10.1. The molecule has 100 valence electrons. The Labute approximate surface area is 111 Å². The van der Waals surface area contributed by atoms with E-state index in [9.17, 15) is 0 Å². The molecule has 1 heterocycles. The van der Waals surface area contributed by atoms with E-state index in [1.165, 1.54) is 17.5 Å². The minimum Gasteiger partial charge on any atom is -0.312 e. The number of rotatable bonds is 4. The maximum Gasteiger partial charge on any atom is 0.0236 e. The molecule has 2 nitrogen and oxygen atoms in total. The van der Waals surface area contributed by atoms with Crippen molar-refractivity contribution in [2.45, 2.75) is 46.3 Å². The first-order valence-electron chi connectivity index (χ1n) is 7.10. The van der Waals surface area contributed by atoms with Gasteiger partial charge in [0.25, 0.3) is 0 Å². The largest absolute Gasteiger partial charge is 0.312 e. The van der Waals surface area contributed by atoms with Crippen LogP contribution in [0.3, 0.4) is 0 Å². The van der Waals surface area contributed by atoms with Gasteiger partial charge in [-0.2, -0.15) is 0 Å². The fourth-order valence-electron chi connectivity index (χ4n) is 2.68. The Kier molecular flexibility index (Phi) is 4.41. The molecule has 0 aromatic heterocycles. The molecule has 0 spiro atoms.